The van der Waals surface area contributed by atoms with E-state index in [2.05, 4.69) is 30.5 Å². The molecule has 0 fully saturated rings. The van der Waals surface area contributed by atoms with E-state index in [-0.39, 0.29) is 0 Å². The molecule has 0 heterocycles. The molecular weight excluding hydrogens is 300 g/mol. The summed E-state index contributed by atoms with van der Waals surface area (Å²) in [6, 6.07) is 16.0. The second-order valence-electron chi connectivity index (χ2n) is 6.11. The molecule has 24 heavy (non-hydrogen) atoms. The Labute approximate surface area is 145 Å². The monoisotopic (exact) mass is 328 g/mol. The molecule has 0 aromatic heterocycles. The topological polar surface area (TPSA) is 42.5 Å². The van der Waals surface area contributed by atoms with E-state index in [1.165, 1.54) is 0 Å². The highest BCUT2D eigenvalue weighted by Gasteiger charge is 2.01. The van der Waals surface area contributed by atoms with Crippen LogP contribution in [0.1, 0.15) is 20.3 Å². The number of benzene rings is 2. The van der Waals surface area contributed by atoms with Crippen LogP contribution in [0.2, 0.25) is 0 Å². The molecule has 0 aliphatic heterocycles. The zero-order valence-electron chi connectivity index (χ0n) is 14.8. The van der Waals surface area contributed by atoms with E-state index in [1.807, 2.05) is 42.5 Å². The first-order chi connectivity index (χ1) is 11.7. The van der Waals surface area contributed by atoms with E-state index in [1.54, 1.807) is 7.11 Å². The Morgan fingerprint density at radius 2 is 1.75 bits per heavy atom. The molecule has 0 atom stereocenters. The minimum Gasteiger partial charge on any atom is -0.495 e. The molecule has 0 bridgehead atoms. The van der Waals surface area contributed by atoms with Gasteiger partial charge < -0.3 is 20.1 Å². The van der Waals surface area contributed by atoms with Crippen molar-refractivity contribution in [2.45, 2.75) is 20.3 Å². The number of hydrogen-bond acceptors (Lipinski definition) is 4. The molecule has 2 aromatic carbocycles. The highest BCUT2D eigenvalue weighted by molar-refractivity contribution is 5.56. The van der Waals surface area contributed by atoms with Gasteiger partial charge in [-0.15, -0.1) is 0 Å². The second kappa shape index (κ2) is 9.71. The average Bonchev–Trinajstić information content (AvgIpc) is 2.59. The van der Waals surface area contributed by atoms with E-state index in [4.69, 9.17) is 9.47 Å². The fourth-order valence-corrected chi connectivity index (χ4v) is 2.30. The van der Waals surface area contributed by atoms with Gasteiger partial charge in [-0.2, -0.15) is 0 Å². The lowest BCUT2D eigenvalue weighted by atomic mass is 10.1. The van der Waals surface area contributed by atoms with Crippen LogP contribution < -0.4 is 20.1 Å². The zero-order valence-corrected chi connectivity index (χ0v) is 14.8. The van der Waals surface area contributed by atoms with Gasteiger partial charge in [0.15, 0.2) is 0 Å². The van der Waals surface area contributed by atoms with Gasteiger partial charge in [-0.1, -0.05) is 32.0 Å². The lowest BCUT2D eigenvalue weighted by Crippen LogP contribution is -2.14. The Bertz CT molecular complexity index is 614. The van der Waals surface area contributed by atoms with Crippen LogP contribution in [0.15, 0.2) is 48.5 Å². The quantitative estimate of drug-likeness (QED) is 0.623. The van der Waals surface area contributed by atoms with E-state index in [9.17, 15) is 0 Å². The molecule has 0 aliphatic carbocycles. The molecule has 4 heteroatoms. The highest BCUT2D eigenvalue weighted by atomic mass is 16.5. The van der Waals surface area contributed by atoms with Gasteiger partial charge in [-0.25, -0.2) is 0 Å². The smallest absolute Gasteiger partial charge is 0.141 e. The first-order valence-corrected chi connectivity index (χ1v) is 8.52. The van der Waals surface area contributed by atoms with Crippen LogP contribution in [0.25, 0.3) is 0 Å². The van der Waals surface area contributed by atoms with Crippen molar-refractivity contribution in [3.63, 3.8) is 0 Å². The summed E-state index contributed by atoms with van der Waals surface area (Å²) in [5.41, 5.74) is 2.08. The molecule has 0 amide bonds. The molecule has 2 rings (SSSR count). The van der Waals surface area contributed by atoms with Crippen molar-refractivity contribution < 1.29 is 9.47 Å². The Morgan fingerprint density at radius 3 is 2.54 bits per heavy atom. The van der Waals surface area contributed by atoms with Gasteiger partial charge in [0.25, 0.3) is 0 Å². The number of rotatable bonds is 10. The van der Waals surface area contributed by atoms with Gasteiger partial charge in [0, 0.05) is 24.8 Å². The summed E-state index contributed by atoms with van der Waals surface area (Å²) in [7, 11) is 1.68. The van der Waals surface area contributed by atoms with Gasteiger partial charge in [-0.3, -0.25) is 0 Å². The average molecular weight is 328 g/mol. The number of ether oxygens (including phenoxy) is 2. The van der Waals surface area contributed by atoms with Crippen LogP contribution in [0.3, 0.4) is 0 Å². The summed E-state index contributed by atoms with van der Waals surface area (Å²) in [5, 5.41) is 6.79. The van der Waals surface area contributed by atoms with Gasteiger partial charge in [0.05, 0.1) is 19.4 Å². The van der Waals surface area contributed by atoms with Crippen LogP contribution in [-0.2, 0) is 0 Å². The standard InChI is InChI=1S/C20H28N2O2/c1-16(2)11-14-24-18-8-6-7-17(15-18)21-12-13-22-19-9-4-5-10-20(19)23-3/h4-10,15-16,21-22H,11-14H2,1-3H3. The number of para-hydroxylation sites is 2. The molecule has 0 saturated heterocycles. The van der Waals surface area contributed by atoms with Crippen molar-refractivity contribution in [2.75, 3.05) is 37.4 Å². The summed E-state index contributed by atoms with van der Waals surface area (Å²) in [4.78, 5) is 0. The molecule has 2 aromatic rings. The summed E-state index contributed by atoms with van der Waals surface area (Å²) in [6.07, 6.45) is 1.07. The molecular formula is C20H28N2O2. The fourth-order valence-electron chi connectivity index (χ4n) is 2.30. The number of hydrogen-bond donors (Lipinski definition) is 2. The predicted octanol–water partition coefficient (Wildman–Crippen LogP) is 4.64. The minimum absolute atomic E-state index is 0.660. The first-order valence-electron chi connectivity index (χ1n) is 8.52. The molecule has 0 saturated carbocycles. The largest absolute Gasteiger partial charge is 0.495 e. The van der Waals surface area contributed by atoms with Gasteiger partial charge in [0.1, 0.15) is 11.5 Å². The lowest BCUT2D eigenvalue weighted by Gasteiger charge is -2.13. The highest BCUT2D eigenvalue weighted by Crippen LogP contribution is 2.22. The third-order valence-corrected chi connectivity index (χ3v) is 3.67. The summed E-state index contributed by atoms with van der Waals surface area (Å²) in [6.45, 7) is 6.79. The van der Waals surface area contributed by atoms with Gasteiger partial charge in [0.2, 0.25) is 0 Å². The maximum atomic E-state index is 5.79. The van der Waals surface area contributed by atoms with Crippen LogP contribution in [0, 0.1) is 5.92 Å². The number of nitrogens with one attached hydrogen (secondary N) is 2. The zero-order chi connectivity index (χ0) is 17.2. The Kier molecular flexibility index (Phi) is 7.27. The van der Waals surface area contributed by atoms with Crippen LogP contribution in [0.5, 0.6) is 11.5 Å². The van der Waals surface area contributed by atoms with Crippen LogP contribution in [-0.4, -0.2) is 26.8 Å². The maximum Gasteiger partial charge on any atom is 0.141 e. The summed E-state index contributed by atoms with van der Waals surface area (Å²) < 4.78 is 11.1. The number of anilines is 2. The SMILES string of the molecule is COc1ccccc1NCCNc1cccc(OCCC(C)C)c1. The summed E-state index contributed by atoms with van der Waals surface area (Å²) in [5.74, 6) is 2.43. The predicted molar refractivity (Wildman–Crippen MR) is 101 cm³/mol. The van der Waals surface area contributed by atoms with Crippen molar-refractivity contribution in [3.05, 3.63) is 48.5 Å². The molecule has 0 aliphatic rings. The van der Waals surface area contributed by atoms with Crippen molar-refractivity contribution in [1.82, 2.24) is 0 Å². The summed E-state index contributed by atoms with van der Waals surface area (Å²) >= 11 is 0. The van der Waals surface area contributed by atoms with E-state index in [0.717, 1.165) is 49.0 Å². The van der Waals surface area contributed by atoms with E-state index in [0.29, 0.717) is 5.92 Å². The number of methoxy groups -OCH3 is 1. The van der Waals surface area contributed by atoms with Crippen molar-refractivity contribution in [2.24, 2.45) is 5.92 Å². The van der Waals surface area contributed by atoms with Crippen molar-refractivity contribution in [1.29, 1.82) is 0 Å². The van der Waals surface area contributed by atoms with Gasteiger partial charge >= 0.3 is 0 Å². The fraction of sp³-hybridized carbons (Fsp3) is 0.400. The third-order valence-electron chi connectivity index (χ3n) is 3.67. The molecule has 0 radical (unpaired) electrons. The molecule has 0 spiro atoms. The second-order valence-corrected chi connectivity index (χ2v) is 6.11. The Morgan fingerprint density at radius 1 is 0.958 bits per heavy atom. The van der Waals surface area contributed by atoms with Crippen molar-refractivity contribution in [3.8, 4) is 11.5 Å². The van der Waals surface area contributed by atoms with E-state index >= 15 is 0 Å². The Hall–Kier alpha value is -2.36. The molecule has 130 valence electrons. The molecule has 0 unspecified atom stereocenters. The van der Waals surface area contributed by atoms with Gasteiger partial charge in [-0.05, 0) is 36.6 Å². The minimum atomic E-state index is 0.660. The molecule has 2 N–H and O–H groups in total. The first kappa shape index (κ1) is 18.0. The molecule has 4 nitrogen and oxygen atoms in total. The van der Waals surface area contributed by atoms with Crippen LogP contribution in [0.4, 0.5) is 11.4 Å². The third kappa shape index (κ3) is 6.03. The van der Waals surface area contributed by atoms with Crippen molar-refractivity contribution >= 4 is 11.4 Å². The van der Waals surface area contributed by atoms with E-state index < -0.39 is 0 Å². The maximum absolute atomic E-state index is 5.79. The van der Waals surface area contributed by atoms with Crippen LogP contribution >= 0.6 is 0 Å². The normalized spacial score (nSPS) is 10.5. The Balaban J connectivity index is 1.76. The lowest BCUT2D eigenvalue weighted by molar-refractivity contribution is 0.289.